The van der Waals surface area contributed by atoms with Gasteiger partial charge in [0, 0.05) is 36.4 Å². The number of likely N-dealkylation sites (N-methyl/N-ethyl adjacent to an activating group) is 1. The Kier molecular flexibility index (Phi) is 6.68. The van der Waals surface area contributed by atoms with E-state index < -0.39 is 0 Å². The Hall–Kier alpha value is -0.580. The van der Waals surface area contributed by atoms with Crippen LogP contribution in [-0.4, -0.2) is 33.9 Å². The highest BCUT2D eigenvalue weighted by Crippen LogP contribution is 2.28. The molecule has 1 unspecified atom stereocenters. The highest BCUT2D eigenvalue weighted by molar-refractivity contribution is 9.10. The van der Waals surface area contributed by atoms with Crippen molar-refractivity contribution in [3.8, 4) is 0 Å². The molecule has 3 nitrogen and oxygen atoms in total. The van der Waals surface area contributed by atoms with E-state index in [9.17, 15) is 0 Å². The average molecular weight is 315 g/mol. The van der Waals surface area contributed by atoms with Crippen LogP contribution in [0.3, 0.4) is 0 Å². The summed E-state index contributed by atoms with van der Waals surface area (Å²) >= 11 is 3.66. The van der Waals surface area contributed by atoms with Gasteiger partial charge >= 0.3 is 0 Å². The van der Waals surface area contributed by atoms with Gasteiger partial charge in [-0.25, -0.2) is 0 Å². The smallest absolute Gasteiger partial charge is 0.0637 e. The molecule has 1 rings (SSSR count). The summed E-state index contributed by atoms with van der Waals surface area (Å²) in [6.07, 6.45) is 0. The molecule has 4 heteroatoms. The van der Waals surface area contributed by atoms with Gasteiger partial charge in [0.1, 0.15) is 0 Å². The van der Waals surface area contributed by atoms with Gasteiger partial charge in [0.25, 0.3) is 0 Å². The summed E-state index contributed by atoms with van der Waals surface area (Å²) in [5.41, 5.74) is 2.51. The first kappa shape index (κ1) is 15.5. The van der Waals surface area contributed by atoms with Crippen LogP contribution in [0.4, 0.5) is 5.69 Å². The van der Waals surface area contributed by atoms with Crippen molar-refractivity contribution in [1.82, 2.24) is 5.32 Å². The maximum absolute atomic E-state index is 5.14. The third-order valence-corrected chi connectivity index (χ3v) is 3.88. The summed E-state index contributed by atoms with van der Waals surface area (Å²) in [6, 6.07) is 6.88. The summed E-state index contributed by atoms with van der Waals surface area (Å²) in [7, 11) is 3.71. The number of nitrogens with one attached hydrogen (secondary N) is 1. The van der Waals surface area contributed by atoms with Gasteiger partial charge in [-0.1, -0.05) is 22.0 Å². The minimum absolute atomic E-state index is 0.350. The maximum atomic E-state index is 5.14. The van der Waals surface area contributed by atoms with Crippen LogP contribution in [0.5, 0.6) is 0 Å². The molecule has 0 saturated heterocycles. The normalized spacial score (nSPS) is 12.5. The largest absolute Gasteiger partial charge is 0.383 e. The van der Waals surface area contributed by atoms with E-state index in [1.54, 1.807) is 7.11 Å². The second kappa shape index (κ2) is 7.77. The van der Waals surface area contributed by atoms with Gasteiger partial charge in [-0.3, -0.25) is 0 Å². The Labute approximate surface area is 119 Å². The minimum atomic E-state index is 0.350. The fourth-order valence-corrected chi connectivity index (χ4v) is 2.60. The molecule has 0 radical (unpaired) electrons. The SMILES string of the molecule is CCN(CCOC)c1ccc(C(C)NC)c(Br)c1. The lowest BCUT2D eigenvalue weighted by atomic mass is 10.1. The van der Waals surface area contributed by atoms with Crippen LogP contribution in [0.1, 0.15) is 25.5 Å². The number of methoxy groups -OCH3 is 1. The fourth-order valence-electron chi connectivity index (χ4n) is 1.89. The Balaban J connectivity index is 2.87. The Morgan fingerprint density at radius 1 is 1.44 bits per heavy atom. The van der Waals surface area contributed by atoms with E-state index in [-0.39, 0.29) is 0 Å². The van der Waals surface area contributed by atoms with E-state index in [1.807, 2.05) is 7.05 Å². The lowest BCUT2D eigenvalue weighted by Crippen LogP contribution is -2.26. The van der Waals surface area contributed by atoms with E-state index in [0.29, 0.717) is 6.04 Å². The molecule has 1 atom stereocenters. The van der Waals surface area contributed by atoms with Crippen molar-refractivity contribution in [3.05, 3.63) is 28.2 Å². The molecule has 0 heterocycles. The third-order valence-electron chi connectivity index (χ3n) is 3.20. The van der Waals surface area contributed by atoms with Gasteiger partial charge < -0.3 is 15.0 Å². The maximum Gasteiger partial charge on any atom is 0.0637 e. The van der Waals surface area contributed by atoms with E-state index in [4.69, 9.17) is 4.74 Å². The van der Waals surface area contributed by atoms with Gasteiger partial charge in [0.05, 0.1) is 6.61 Å². The van der Waals surface area contributed by atoms with Crippen molar-refractivity contribution in [2.75, 3.05) is 38.8 Å². The molecular weight excluding hydrogens is 292 g/mol. The first-order valence-corrected chi connectivity index (χ1v) is 7.13. The highest BCUT2D eigenvalue weighted by atomic mass is 79.9. The van der Waals surface area contributed by atoms with Crippen molar-refractivity contribution in [1.29, 1.82) is 0 Å². The number of hydrogen-bond acceptors (Lipinski definition) is 3. The van der Waals surface area contributed by atoms with Gasteiger partial charge in [-0.2, -0.15) is 0 Å². The minimum Gasteiger partial charge on any atom is -0.383 e. The molecule has 0 bridgehead atoms. The molecular formula is C14H23BrN2O. The van der Waals surface area contributed by atoms with Crippen molar-refractivity contribution >= 4 is 21.6 Å². The van der Waals surface area contributed by atoms with Crippen LogP contribution in [0.25, 0.3) is 0 Å². The molecule has 1 aromatic carbocycles. The molecule has 0 aliphatic rings. The molecule has 102 valence electrons. The molecule has 0 aliphatic carbocycles. The Bertz CT molecular complexity index is 371. The van der Waals surface area contributed by atoms with E-state index in [0.717, 1.165) is 24.2 Å². The predicted octanol–water partition coefficient (Wildman–Crippen LogP) is 3.20. The number of hydrogen-bond donors (Lipinski definition) is 1. The Morgan fingerprint density at radius 2 is 2.17 bits per heavy atom. The lowest BCUT2D eigenvalue weighted by molar-refractivity contribution is 0.205. The highest BCUT2D eigenvalue weighted by Gasteiger charge is 2.10. The zero-order valence-electron chi connectivity index (χ0n) is 11.7. The monoisotopic (exact) mass is 314 g/mol. The quantitative estimate of drug-likeness (QED) is 0.836. The van der Waals surface area contributed by atoms with E-state index >= 15 is 0 Å². The summed E-state index contributed by atoms with van der Waals surface area (Å²) in [6.45, 7) is 6.97. The molecule has 0 fully saturated rings. The summed E-state index contributed by atoms with van der Waals surface area (Å²) in [5, 5.41) is 3.26. The first-order chi connectivity index (χ1) is 8.63. The average Bonchev–Trinajstić information content (AvgIpc) is 2.39. The van der Waals surface area contributed by atoms with Crippen molar-refractivity contribution in [2.24, 2.45) is 0 Å². The zero-order valence-corrected chi connectivity index (χ0v) is 13.3. The van der Waals surface area contributed by atoms with Crippen molar-refractivity contribution in [2.45, 2.75) is 19.9 Å². The Morgan fingerprint density at radius 3 is 2.67 bits per heavy atom. The van der Waals surface area contributed by atoms with Crippen LogP contribution in [0, 0.1) is 0 Å². The van der Waals surface area contributed by atoms with Crippen LogP contribution in [0.2, 0.25) is 0 Å². The lowest BCUT2D eigenvalue weighted by Gasteiger charge is -2.24. The molecule has 0 spiro atoms. The summed E-state index contributed by atoms with van der Waals surface area (Å²) in [5.74, 6) is 0. The number of benzene rings is 1. The molecule has 1 N–H and O–H groups in total. The molecule has 0 aliphatic heterocycles. The van der Waals surface area contributed by atoms with Gasteiger partial charge in [0.15, 0.2) is 0 Å². The van der Waals surface area contributed by atoms with Crippen LogP contribution >= 0.6 is 15.9 Å². The molecule has 1 aromatic rings. The van der Waals surface area contributed by atoms with Crippen molar-refractivity contribution in [3.63, 3.8) is 0 Å². The second-order valence-corrected chi connectivity index (χ2v) is 5.14. The summed E-state index contributed by atoms with van der Waals surface area (Å²) in [4.78, 5) is 2.31. The molecule has 18 heavy (non-hydrogen) atoms. The van der Waals surface area contributed by atoms with Crippen LogP contribution < -0.4 is 10.2 Å². The molecule has 0 amide bonds. The zero-order chi connectivity index (χ0) is 13.5. The number of halogens is 1. The topological polar surface area (TPSA) is 24.5 Å². The second-order valence-electron chi connectivity index (χ2n) is 4.29. The number of nitrogens with zero attached hydrogens (tertiary/aromatic N) is 1. The standard InChI is InChI=1S/C14H23BrN2O/c1-5-17(8-9-18-4)12-6-7-13(11(2)16-3)14(15)10-12/h6-7,10-11,16H,5,8-9H2,1-4H3. The molecule has 0 aromatic heterocycles. The fraction of sp³-hybridized carbons (Fsp3) is 0.571. The number of ether oxygens (including phenoxy) is 1. The van der Waals surface area contributed by atoms with Gasteiger partial charge in [-0.05, 0) is 38.6 Å². The van der Waals surface area contributed by atoms with Gasteiger partial charge in [0.2, 0.25) is 0 Å². The third kappa shape index (κ3) is 3.97. The van der Waals surface area contributed by atoms with E-state index in [1.165, 1.54) is 11.3 Å². The molecule has 0 saturated carbocycles. The van der Waals surface area contributed by atoms with Crippen LogP contribution in [-0.2, 0) is 4.74 Å². The number of anilines is 1. The van der Waals surface area contributed by atoms with E-state index in [2.05, 4.69) is 58.2 Å². The van der Waals surface area contributed by atoms with Crippen molar-refractivity contribution < 1.29 is 4.74 Å². The first-order valence-electron chi connectivity index (χ1n) is 6.34. The number of rotatable bonds is 7. The van der Waals surface area contributed by atoms with Gasteiger partial charge in [-0.15, -0.1) is 0 Å². The predicted molar refractivity (Wildman–Crippen MR) is 81.4 cm³/mol. The summed E-state index contributed by atoms with van der Waals surface area (Å²) < 4.78 is 6.29. The van der Waals surface area contributed by atoms with Crippen LogP contribution in [0.15, 0.2) is 22.7 Å².